The zero-order chi connectivity index (χ0) is 15.5. The minimum absolute atomic E-state index is 0.211. The number of rotatable bonds is 4. The predicted molar refractivity (Wildman–Crippen MR) is 82.2 cm³/mol. The highest BCUT2D eigenvalue weighted by molar-refractivity contribution is 5.28. The second kappa shape index (κ2) is 6.57. The van der Waals surface area contributed by atoms with Gasteiger partial charge >= 0.3 is 0 Å². The van der Waals surface area contributed by atoms with E-state index in [1.807, 2.05) is 6.92 Å². The number of benzene rings is 1. The van der Waals surface area contributed by atoms with Gasteiger partial charge in [0.15, 0.2) is 5.82 Å². The van der Waals surface area contributed by atoms with Crippen LogP contribution >= 0.6 is 0 Å². The molecule has 3 rings (SSSR count). The highest BCUT2D eigenvalue weighted by Crippen LogP contribution is 2.20. The first-order valence-electron chi connectivity index (χ1n) is 7.85. The van der Waals surface area contributed by atoms with Crippen molar-refractivity contribution in [3.8, 4) is 0 Å². The first-order chi connectivity index (χ1) is 10.6. The highest BCUT2D eigenvalue weighted by Gasteiger charge is 2.20. The van der Waals surface area contributed by atoms with E-state index < -0.39 is 0 Å². The van der Waals surface area contributed by atoms with Gasteiger partial charge in [0, 0.05) is 12.8 Å². The van der Waals surface area contributed by atoms with Gasteiger partial charge in [-0.3, -0.25) is 0 Å². The van der Waals surface area contributed by atoms with Crippen molar-refractivity contribution in [2.75, 3.05) is 20.1 Å². The van der Waals surface area contributed by atoms with Crippen LogP contribution in [0.1, 0.15) is 35.7 Å². The van der Waals surface area contributed by atoms with Crippen LogP contribution in [-0.4, -0.2) is 35.2 Å². The maximum atomic E-state index is 13.1. The van der Waals surface area contributed by atoms with E-state index in [1.54, 1.807) is 6.07 Å². The molecule has 5 heteroatoms. The second-order valence-corrected chi connectivity index (χ2v) is 6.30. The van der Waals surface area contributed by atoms with Gasteiger partial charge in [-0.2, -0.15) is 4.98 Å². The third kappa shape index (κ3) is 3.71. The summed E-state index contributed by atoms with van der Waals surface area (Å²) in [6.07, 6.45) is 3.82. The molecule has 1 aliphatic rings. The average molecular weight is 303 g/mol. The van der Waals surface area contributed by atoms with Crippen LogP contribution in [0, 0.1) is 18.7 Å². The molecule has 22 heavy (non-hydrogen) atoms. The molecule has 0 atom stereocenters. The van der Waals surface area contributed by atoms with Crippen LogP contribution in [0.5, 0.6) is 0 Å². The lowest BCUT2D eigenvalue weighted by Gasteiger charge is -2.27. The van der Waals surface area contributed by atoms with E-state index in [9.17, 15) is 4.39 Å². The number of likely N-dealkylation sites (tertiary alicyclic amines) is 1. The summed E-state index contributed by atoms with van der Waals surface area (Å²) < 4.78 is 18.5. The fraction of sp³-hybridized carbons (Fsp3) is 0.529. The Hall–Kier alpha value is -1.75. The van der Waals surface area contributed by atoms with E-state index in [-0.39, 0.29) is 5.82 Å². The molecule has 118 valence electrons. The summed E-state index contributed by atoms with van der Waals surface area (Å²) in [5, 5.41) is 4.07. The zero-order valence-corrected chi connectivity index (χ0v) is 13.2. The number of hydrogen-bond donors (Lipinski definition) is 0. The molecule has 0 saturated carbocycles. The van der Waals surface area contributed by atoms with Gasteiger partial charge in [0.2, 0.25) is 5.89 Å². The van der Waals surface area contributed by atoms with Crippen molar-refractivity contribution in [1.82, 2.24) is 15.0 Å². The van der Waals surface area contributed by atoms with Gasteiger partial charge < -0.3 is 9.42 Å². The first kappa shape index (κ1) is 15.2. The summed E-state index contributed by atoms with van der Waals surface area (Å²) in [6.45, 7) is 4.18. The smallest absolute Gasteiger partial charge is 0.226 e. The van der Waals surface area contributed by atoms with Gasteiger partial charge in [-0.1, -0.05) is 11.2 Å². The Labute approximate surface area is 130 Å². The average Bonchev–Trinajstić information content (AvgIpc) is 2.92. The lowest BCUT2D eigenvalue weighted by molar-refractivity contribution is 0.208. The molecule has 1 aromatic heterocycles. The fourth-order valence-electron chi connectivity index (χ4n) is 2.99. The number of aromatic nitrogens is 2. The van der Waals surface area contributed by atoms with Crippen LogP contribution in [0.2, 0.25) is 0 Å². The summed E-state index contributed by atoms with van der Waals surface area (Å²) in [5.74, 6) is 1.83. The summed E-state index contributed by atoms with van der Waals surface area (Å²) in [5.41, 5.74) is 1.95. The topological polar surface area (TPSA) is 42.2 Å². The minimum atomic E-state index is -0.211. The van der Waals surface area contributed by atoms with Crippen molar-refractivity contribution in [1.29, 1.82) is 0 Å². The Morgan fingerprint density at radius 1 is 1.32 bits per heavy atom. The highest BCUT2D eigenvalue weighted by atomic mass is 19.1. The molecular formula is C17H22FN3O. The maximum Gasteiger partial charge on any atom is 0.226 e. The van der Waals surface area contributed by atoms with E-state index in [4.69, 9.17) is 4.52 Å². The molecule has 1 fully saturated rings. The number of hydrogen-bond acceptors (Lipinski definition) is 4. The summed E-state index contributed by atoms with van der Waals surface area (Å²) in [7, 11) is 2.16. The maximum absolute atomic E-state index is 13.1. The van der Waals surface area contributed by atoms with Gasteiger partial charge in [0.25, 0.3) is 0 Å². The van der Waals surface area contributed by atoms with Crippen molar-refractivity contribution >= 4 is 0 Å². The largest absolute Gasteiger partial charge is 0.339 e. The van der Waals surface area contributed by atoms with Crippen LogP contribution in [0.15, 0.2) is 22.7 Å². The molecule has 0 radical (unpaired) electrons. The molecule has 0 spiro atoms. The van der Waals surface area contributed by atoms with E-state index in [2.05, 4.69) is 22.1 Å². The monoisotopic (exact) mass is 303 g/mol. The molecule has 0 bridgehead atoms. The zero-order valence-electron chi connectivity index (χ0n) is 13.2. The standard InChI is InChI=1S/C17H22FN3O/c1-12-9-15(18)4-3-14(12)11-16-19-17(22-20-16)10-13-5-7-21(2)8-6-13/h3-4,9,13H,5-8,10-11H2,1-2H3. The molecule has 2 heterocycles. The van der Waals surface area contributed by atoms with Crippen LogP contribution in [0.4, 0.5) is 4.39 Å². The lowest BCUT2D eigenvalue weighted by atomic mass is 9.94. The first-order valence-corrected chi connectivity index (χ1v) is 7.85. The Balaban J connectivity index is 1.61. The molecular weight excluding hydrogens is 281 g/mol. The molecule has 2 aromatic rings. The van der Waals surface area contributed by atoms with Gasteiger partial charge in [-0.15, -0.1) is 0 Å². The van der Waals surface area contributed by atoms with Gasteiger partial charge in [0.1, 0.15) is 5.82 Å². The Morgan fingerprint density at radius 3 is 2.82 bits per heavy atom. The molecule has 1 saturated heterocycles. The van der Waals surface area contributed by atoms with Crippen LogP contribution in [0.3, 0.4) is 0 Å². The van der Waals surface area contributed by atoms with Gasteiger partial charge in [-0.25, -0.2) is 4.39 Å². The molecule has 0 unspecified atom stereocenters. The van der Waals surface area contributed by atoms with Crippen molar-refractivity contribution < 1.29 is 8.91 Å². The molecule has 0 aliphatic carbocycles. The SMILES string of the molecule is Cc1cc(F)ccc1Cc1noc(CC2CCN(C)CC2)n1. The van der Waals surface area contributed by atoms with Crippen molar-refractivity contribution in [3.05, 3.63) is 46.9 Å². The van der Waals surface area contributed by atoms with Gasteiger partial charge in [-0.05, 0) is 69.1 Å². The molecule has 4 nitrogen and oxygen atoms in total. The lowest BCUT2D eigenvalue weighted by Crippen LogP contribution is -2.30. The Bertz CT molecular complexity index is 633. The Morgan fingerprint density at radius 2 is 2.09 bits per heavy atom. The summed E-state index contributed by atoms with van der Waals surface area (Å²) in [4.78, 5) is 6.85. The third-order valence-electron chi connectivity index (χ3n) is 4.46. The fourth-order valence-corrected chi connectivity index (χ4v) is 2.99. The van der Waals surface area contributed by atoms with Crippen molar-refractivity contribution in [2.45, 2.75) is 32.6 Å². The third-order valence-corrected chi connectivity index (χ3v) is 4.46. The molecule has 0 amide bonds. The minimum Gasteiger partial charge on any atom is -0.339 e. The van der Waals surface area contributed by atoms with Crippen LogP contribution < -0.4 is 0 Å². The molecule has 1 aromatic carbocycles. The van der Waals surface area contributed by atoms with E-state index in [0.29, 0.717) is 18.2 Å². The summed E-state index contributed by atoms with van der Waals surface area (Å²) in [6, 6.07) is 4.80. The van der Waals surface area contributed by atoms with Crippen LogP contribution in [0.25, 0.3) is 0 Å². The molecule has 0 N–H and O–H groups in total. The van der Waals surface area contributed by atoms with Crippen molar-refractivity contribution in [2.24, 2.45) is 5.92 Å². The number of piperidine rings is 1. The number of halogens is 1. The predicted octanol–water partition coefficient (Wildman–Crippen LogP) is 2.99. The molecule has 1 aliphatic heterocycles. The van der Waals surface area contributed by atoms with E-state index >= 15 is 0 Å². The normalized spacial score (nSPS) is 17.0. The van der Waals surface area contributed by atoms with E-state index in [1.165, 1.54) is 25.0 Å². The Kier molecular flexibility index (Phi) is 4.52. The number of nitrogens with zero attached hydrogens (tertiary/aromatic N) is 3. The van der Waals surface area contributed by atoms with Crippen LogP contribution in [-0.2, 0) is 12.8 Å². The van der Waals surface area contributed by atoms with Gasteiger partial charge in [0.05, 0.1) is 0 Å². The van der Waals surface area contributed by atoms with E-state index in [0.717, 1.165) is 36.5 Å². The summed E-state index contributed by atoms with van der Waals surface area (Å²) >= 11 is 0. The van der Waals surface area contributed by atoms with Crippen molar-refractivity contribution in [3.63, 3.8) is 0 Å². The number of aryl methyl sites for hydroxylation is 1. The quantitative estimate of drug-likeness (QED) is 0.871. The second-order valence-electron chi connectivity index (χ2n) is 6.30.